The van der Waals surface area contributed by atoms with Crippen LogP contribution < -0.4 is 10.1 Å². The highest BCUT2D eigenvalue weighted by atomic mass is 35.5. The summed E-state index contributed by atoms with van der Waals surface area (Å²) in [7, 11) is 0. The van der Waals surface area contributed by atoms with Gasteiger partial charge in [0.05, 0.1) is 0 Å². The predicted molar refractivity (Wildman–Crippen MR) is 94.1 cm³/mol. The molecule has 0 aromatic heterocycles. The van der Waals surface area contributed by atoms with E-state index in [1.165, 1.54) is 5.56 Å². The fraction of sp³-hybridized carbons (Fsp3) is 0.316. The Kier molecular flexibility index (Phi) is 6.05. The number of carbonyl (C=O) groups is 1. The highest BCUT2D eigenvalue weighted by Crippen LogP contribution is 2.23. The van der Waals surface area contributed by atoms with E-state index >= 15 is 0 Å². The molecule has 2 atom stereocenters. The summed E-state index contributed by atoms with van der Waals surface area (Å²) >= 11 is 5.92. The molecule has 0 saturated carbocycles. The first-order valence-corrected chi connectivity index (χ1v) is 8.10. The molecule has 2 aromatic carbocycles. The van der Waals surface area contributed by atoms with Crippen LogP contribution in [0.15, 0.2) is 48.5 Å². The van der Waals surface area contributed by atoms with Gasteiger partial charge in [-0.1, -0.05) is 48.9 Å². The Morgan fingerprint density at radius 2 is 1.87 bits per heavy atom. The molecule has 0 unspecified atom stereocenters. The number of carbonyl (C=O) groups excluding carboxylic acids is 1. The predicted octanol–water partition coefficient (Wildman–Crippen LogP) is 4.34. The van der Waals surface area contributed by atoms with Gasteiger partial charge in [0, 0.05) is 11.6 Å². The van der Waals surface area contributed by atoms with Crippen LogP contribution in [0.25, 0.3) is 0 Å². The van der Waals surface area contributed by atoms with Crippen molar-refractivity contribution in [2.24, 2.45) is 0 Å². The first kappa shape index (κ1) is 17.4. The van der Waals surface area contributed by atoms with E-state index < -0.39 is 6.10 Å². The summed E-state index contributed by atoms with van der Waals surface area (Å²) in [5, 5.41) is 3.60. The second kappa shape index (κ2) is 8.02. The molecule has 2 rings (SSSR count). The zero-order valence-corrected chi connectivity index (χ0v) is 14.4. The third kappa shape index (κ3) is 5.00. The highest BCUT2D eigenvalue weighted by molar-refractivity contribution is 6.30. The van der Waals surface area contributed by atoms with E-state index in [1.54, 1.807) is 19.1 Å². The van der Waals surface area contributed by atoms with Gasteiger partial charge in [0.25, 0.3) is 5.91 Å². The molecule has 1 N–H and O–H groups in total. The van der Waals surface area contributed by atoms with Crippen molar-refractivity contribution < 1.29 is 9.53 Å². The topological polar surface area (TPSA) is 38.3 Å². The van der Waals surface area contributed by atoms with E-state index in [0.717, 1.165) is 5.56 Å². The lowest BCUT2D eigenvalue weighted by Gasteiger charge is -2.18. The van der Waals surface area contributed by atoms with E-state index in [0.29, 0.717) is 17.3 Å². The van der Waals surface area contributed by atoms with Crippen molar-refractivity contribution in [2.75, 3.05) is 6.54 Å². The van der Waals surface area contributed by atoms with Crippen molar-refractivity contribution in [2.45, 2.75) is 32.8 Å². The molecule has 122 valence electrons. The Morgan fingerprint density at radius 3 is 2.52 bits per heavy atom. The quantitative estimate of drug-likeness (QED) is 0.855. The van der Waals surface area contributed by atoms with Gasteiger partial charge in [0.15, 0.2) is 6.10 Å². The maximum absolute atomic E-state index is 12.2. The minimum absolute atomic E-state index is 0.123. The molecule has 23 heavy (non-hydrogen) atoms. The van der Waals surface area contributed by atoms with Crippen molar-refractivity contribution in [3.05, 3.63) is 64.7 Å². The highest BCUT2D eigenvalue weighted by Gasteiger charge is 2.16. The number of benzene rings is 2. The minimum atomic E-state index is -0.558. The number of hydrogen-bond donors (Lipinski definition) is 1. The second-order valence-electron chi connectivity index (χ2n) is 5.73. The number of aryl methyl sites for hydroxylation is 1. The van der Waals surface area contributed by atoms with Crippen LogP contribution in [0, 0.1) is 6.92 Å². The lowest BCUT2D eigenvalue weighted by molar-refractivity contribution is -0.127. The van der Waals surface area contributed by atoms with Gasteiger partial charge in [0.2, 0.25) is 0 Å². The van der Waals surface area contributed by atoms with E-state index in [-0.39, 0.29) is 11.8 Å². The lowest BCUT2D eigenvalue weighted by Crippen LogP contribution is -2.38. The summed E-state index contributed by atoms with van der Waals surface area (Å²) in [4.78, 5) is 12.2. The van der Waals surface area contributed by atoms with Gasteiger partial charge in [-0.15, -0.1) is 0 Å². The molecule has 1 amide bonds. The summed E-state index contributed by atoms with van der Waals surface area (Å²) in [6.07, 6.45) is -0.558. The number of nitrogens with one attached hydrogen (secondary N) is 1. The average molecular weight is 332 g/mol. The number of hydrogen-bond acceptors (Lipinski definition) is 2. The molecule has 0 aliphatic heterocycles. The second-order valence-corrected chi connectivity index (χ2v) is 6.16. The van der Waals surface area contributed by atoms with Gasteiger partial charge in [-0.05, 0) is 49.1 Å². The molecular formula is C19H22ClNO2. The summed E-state index contributed by atoms with van der Waals surface area (Å²) < 4.78 is 5.73. The van der Waals surface area contributed by atoms with Gasteiger partial charge in [-0.3, -0.25) is 4.79 Å². The molecular weight excluding hydrogens is 310 g/mol. The van der Waals surface area contributed by atoms with Crippen LogP contribution >= 0.6 is 11.6 Å². The van der Waals surface area contributed by atoms with E-state index in [1.807, 2.05) is 31.2 Å². The number of halogens is 1. The van der Waals surface area contributed by atoms with Crippen LogP contribution in [0.3, 0.4) is 0 Å². The van der Waals surface area contributed by atoms with Crippen molar-refractivity contribution >= 4 is 17.5 Å². The first-order chi connectivity index (χ1) is 11.0. The maximum atomic E-state index is 12.2. The normalized spacial score (nSPS) is 13.2. The van der Waals surface area contributed by atoms with Crippen molar-refractivity contribution in [1.82, 2.24) is 5.32 Å². The van der Waals surface area contributed by atoms with Crippen molar-refractivity contribution in [3.63, 3.8) is 0 Å². The van der Waals surface area contributed by atoms with Crippen LogP contribution in [0.5, 0.6) is 5.75 Å². The molecule has 0 spiro atoms. The molecule has 0 radical (unpaired) electrons. The number of rotatable bonds is 6. The molecule has 0 aliphatic rings. The number of amides is 1. The maximum Gasteiger partial charge on any atom is 0.260 e. The zero-order chi connectivity index (χ0) is 16.8. The monoisotopic (exact) mass is 331 g/mol. The van der Waals surface area contributed by atoms with Crippen molar-refractivity contribution in [3.8, 4) is 5.75 Å². The zero-order valence-electron chi connectivity index (χ0n) is 13.7. The fourth-order valence-electron chi connectivity index (χ4n) is 2.29. The standard InChI is InChI=1S/C19H22ClNO2/c1-13-11-17(20)9-10-18(13)23-15(3)19(22)21-12-14(2)16-7-5-4-6-8-16/h4-11,14-15H,12H2,1-3H3,(H,21,22)/t14-,15-/m1/s1. The largest absolute Gasteiger partial charge is 0.481 e. The lowest BCUT2D eigenvalue weighted by atomic mass is 10.0. The molecule has 3 nitrogen and oxygen atoms in total. The van der Waals surface area contributed by atoms with Crippen LogP contribution in [-0.4, -0.2) is 18.6 Å². The SMILES string of the molecule is Cc1cc(Cl)ccc1O[C@H](C)C(=O)NC[C@@H](C)c1ccccc1. The summed E-state index contributed by atoms with van der Waals surface area (Å²) in [5.74, 6) is 0.805. The van der Waals surface area contributed by atoms with Gasteiger partial charge in [0.1, 0.15) is 5.75 Å². The third-order valence-electron chi connectivity index (χ3n) is 3.76. The molecule has 0 fully saturated rings. The Morgan fingerprint density at radius 1 is 1.17 bits per heavy atom. The van der Waals surface area contributed by atoms with Gasteiger partial charge in [-0.2, -0.15) is 0 Å². The van der Waals surface area contributed by atoms with Gasteiger partial charge in [-0.25, -0.2) is 0 Å². The summed E-state index contributed by atoms with van der Waals surface area (Å²) in [6, 6.07) is 15.5. The molecule has 4 heteroatoms. The van der Waals surface area contributed by atoms with Gasteiger partial charge >= 0.3 is 0 Å². The Labute approximate surface area is 142 Å². The Balaban J connectivity index is 1.87. The van der Waals surface area contributed by atoms with Crippen LogP contribution in [-0.2, 0) is 4.79 Å². The molecule has 0 aliphatic carbocycles. The van der Waals surface area contributed by atoms with E-state index in [9.17, 15) is 4.79 Å². The Hall–Kier alpha value is -2.00. The summed E-state index contributed by atoms with van der Waals surface area (Å²) in [6.45, 7) is 6.32. The molecule has 0 bridgehead atoms. The molecule has 2 aromatic rings. The molecule has 0 heterocycles. The van der Waals surface area contributed by atoms with E-state index in [2.05, 4.69) is 24.4 Å². The van der Waals surface area contributed by atoms with Gasteiger partial charge < -0.3 is 10.1 Å². The minimum Gasteiger partial charge on any atom is -0.481 e. The van der Waals surface area contributed by atoms with E-state index in [4.69, 9.17) is 16.3 Å². The average Bonchev–Trinajstić information content (AvgIpc) is 2.55. The van der Waals surface area contributed by atoms with Crippen LogP contribution in [0.4, 0.5) is 0 Å². The Bertz CT molecular complexity index is 658. The smallest absolute Gasteiger partial charge is 0.260 e. The van der Waals surface area contributed by atoms with Crippen LogP contribution in [0.1, 0.15) is 30.9 Å². The van der Waals surface area contributed by atoms with Crippen LogP contribution in [0.2, 0.25) is 5.02 Å². The third-order valence-corrected chi connectivity index (χ3v) is 4.00. The fourth-order valence-corrected chi connectivity index (χ4v) is 2.51. The first-order valence-electron chi connectivity index (χ1n) is 7.73. The van der Waals surface area contributed by atoms with Crippen molar-refractivity contribution in [1.29, 1.82) is 0 Å². The molecule has 0 saturated heterocycles. The number of ether oxygens (including phenoxy) is 1. The summed E-state index contributed by atoms with van der Waals surface area (Å²) in [5.41, 5.74) is 2.12.